The minimum Gasteiger partial charge on any atom is -0.496 e. The van der Waals surface area contributed by atoms with Crippen molar-refractivity contribution in [2.45, 2.75) is 24.7 Å². The SMILES string of the molecule is CCOC(=O)c1ccc(NC(=O)CCc2cc(S(=O)(=O)N3CCOCC3)ccc2OC)cc1Cl. The molecule has 1 amide bonds. The van der Waals surface area contributed by atoms with Crippen LogP contribution in [0.2, 0.25) is 5.02 Å². The lowest BCUT2D eigenvalue weighted by atomic mass is 10.1. The van der Waals surface area contributed by atoms with Crippen LogP contribution in [0, 0.1) is 0 Å². The minimum atomic E-state index is -3.67. The zero-order chi connectivity index (χ0) is 24.7. The van der Waals surface area contributed by atoms with Crippen LogP contribution in [0.25, 0.3) is 0 Å². The number of amides is 1. The standard InChI is InChI=1S/C23H27ClN2O7S/c1-3-33-23(28)19-7-5-17(15-20(19)24)25-22(27)9-4-16-14-18(6-8-21(16)31-2)34(29,30)26-10-12-32-13-11-26/h5-8,14-15H,3-4,9-13H2,1-2H3,(H,25,27). The van der Waals surface area contributed by atoms with Crippen molar-refractivity contribution in [1.29, 1.82) is 0 Å². The molecule has 2 aromatic carbocycles. The Bertz CT molecular complexity index is 1150. The van der Waals surface area contributed by atoms with Gasteiger partial charge in [0.15, 0.2) is 0 Å². The number of nitrogens with zero attached hydrogens (tertiary/aromatic N) is 1. The number of rotatable bonds is 9. The van der Waals surface area contributed by atoms with Crippen LogP contribution in [0.4, 0.5) is 5.69 Å². The first-order valence-corrected chi connectivity index (χ1v) is 12.6. The molecule has 34 heavy (non-hydrogen) atoms. The number of halogens is 1. The second-order valence-electron chi connectivity index (χ2n) is 7.45. The van der Waals surface area contributed by atoms with Crippen LogP contribution >= 0.6 is 11.6 Å². The summed E-state index contributed by atoms with van der Waals surface area (Å²) in [5.74, 6) is -0.344. The Balaban J connectivity index is 1.68. The Kier molecular flexibility index (Phi) is 8.90. The lowest BCUT2D eigenvalue weighted by molar-refractivity contribution is -0.116. The largest absolute Gasteiger partial charge is 0.496 e. The van der Waals surface area contributed by atoms with Crippen molar-refractivity contribution in [3.63, 3.8) is 0 Å². The molecule has 0 bridgehead atoms. The van der Waals surface area contributed by atoms with Gasteiger partial charge in [0.25, 0.3) is 0 Å². The van der Waals surface area contributed by atoms with Gasteiger partial charge in [0, 0.05) is 25.2 Å². The molecule has 0 unspecified atom stereocenters. The molecule has 3 rings (SSSR count). The highest BCUT2D eigenvalue weighted by Gasteiger charge is 2.27. The lowest BCUT2D eigenvalue weighted by Gasteiger charge is -2.26. The van der Waals surface area contributed by atoms with E-state index in [2.05, 4.69) is 5.32 Å². The van der Waals surface area contributed by atoms with Crippen LogP contribution in [-0.4, -0.2) is 64.6 Å². The number of methoxy groups -OCH3 is 1. The highest BCUT2D eigenvalue weighted by atomic mass is 35.5. The summed E-state index contributed by atoms with van der Waals surface area (Å²) in [6.45, 7) is 3.23. The number of aryl methyl sites for hydroxylation is 1. The van der Waals surface area contributed by atoms with Gasteiger partial charge in [0.05, 0.1) is 42.4 Å². The molecule has 2 aromatic rings. The van der Waals surface area contributed by atoms with E-state index in [1.807, 2.05) is 0 Å². The van der Waals surface area contributed by atoms with Crippen molar-refractivity contribution in [2.75, 3.05) is 45.3 Å². The topological polar surface area (TPSA) is 111 Å². The molecule has 0 aliphatic carbocycles. The zero-order valence-corrected chi connectivity index (χ0v) is 20.6. The predicted octanol–water partition coefficient (Wildman–Crippen LogP) is 3.12. The van der Waals surface area contributed by atoms with Crippen molar-refractivity contribution >= 4 is 39.2 Å². The summed E-state index contributed by atoms with van der Waals surface area (Å²) in [5.41, 5.74) is 1.24. The molecule has 0 spiro atoms. The third kappa shape index (κ3) is 6.26. The second kappa shape index (κ2) is 11.7. The number of carbonyl (C=O) groups is 2. The molecule has 1 saturated heterocycles. The predicted molar refractivity (Wildman–Crippen MR) is 127 cm³/mol. The number of benzene rings is 2. The van der Waals surface area contributed by atoms with Crippen LogP contribution in [0.1, 0.15) is 29.3 Å². The number of morpholine rings is 1. The fourth-order valence-corrected chi connectivity index (χ4v) is 5.20. The average molecular weight is 511 g/mol. The van der Waals surface area contributed by atoms with Gasteiger partial charge in [-0.1, -0.05) is 11.6 Å². The van der Waals surface area contributed by atoms with Gasteiger partial charge in [-0.3, -0.25) is 4.79 Å². The Morgan fingerprint density at radius 2 is 1.88 bits per heavy atom. The maximum Gasteiger partial charge on any atom is 0.339 e. The van der Waals surface area contributed by atoms with Gasteiger partial charge in [-0.05, 0) is 55.3 Å². The van der Waals surface area contributed by atoms with Gasteiger partial charge < -0.3 is 19.5 Å². The number of ether oxygens (including phenoxy) is 3. The molecule has 0 saturated carbocycles. The van der Waals surface area contributed by atoms with Gasteiger partial charge in [0.2, 0.25) is 15.9 Å². The zero-order valence-electron chi connectivity index (χ0n) is 19.0. The molecule has 1 N–H and O–H groups in total. The van der Waals surface area contributed by atoms with E-state index in [1.54, 1.807) is 25.1 Å². The van der Waals surface area contributed by atoms with E-state index in [0.717, 1.165) is 0 Å². The fraction of sp³-hybridized carbons (Fsp3) is 0.391. The molecule has 1 aliphatic rings. The molecular formula is C23H27ClN2O7S. The van der Waals surface area contributed by atoms with E-state index in [0.29, 0.717) is 43.3 Å². The van der Waals surface area contributed by atoms with Crippen molar-refractivity contribution < 1.29 is 32.2 Å². The van der Waals surface area contributed by atoms with E-state index in [1.165, 1.54) is 29.6 Å². The van der Waals surface area contributed by atoms with Gasteiger partial charge in [0.1, 0.15) is 5.75 Å². The van der Waals surface area contributed by atoms with Crippen molar-refractivity contribution in [3.05, 3.63) is 52.5 Å². The Morgan fingerprint density at radius 3 is 2.53 bits per heavy atom. The number of sulfonamides is 1. The van der Waals surface area contributed by atoms with E-state index >= 15 is 0 Å². The highest BCUT2D eigenvalue weighted by Crippen LogP contribution is 2.27. The summed E-state index contributed by atoms with van der Waals surface area (Å²) >= 11 is 6.14. The van der Waals surface area contributed by atoms with E-state index in [9.17, 15) is 18.0 Å². The molecule has 9 nitrogen and oxygen atoms in total. The Labute approximate surface area is 204 Å². The maximum absolute atomic E-state index is 13.0. The Morgan fingerprint density at radius 1 is 1.15 bits per heavy atom. The summed E-state index contributed by atoms with van der Waals surface area (Å²) < 4.78 is 42.9. The number of nitrogens with one attached hydrogen (secondary N) is 1. The van der Waals surface area contributed by atoms with Crippen LogP contribution in [0.5, 0.6) is 5.75 Å². The molecule has 11 heteroatoms. The van der Waals surface area contributed by atoms with E-state index < -0.39 is 16.0 Å². The lowest BCUT2D eigenvalue weighted by Crippen LogP contribution is -2.40. The highest BCUT2D eigenvalue weighted by molar-refractivity contribution is 7.89. The van der Waals surface area contributed by atoms with Gasteiger partial charge in [-0.25, -0.2) is 13.2 Å². The quantitative estimate of drug-likeness (QED) is 0.516. The number of hydrogen-bond donors (Lipinski definition) is 1. The molecular weight excluding hydrogens is 484 g/mol. The Hall–Kier alpha value is -2.66. The summed E-state index contributed by atoms with van der Waals surface area (Å²) in [7, 11) is -2.18. The molecule has 0 atom stereocenters. The number of carbonyl (C=O) groups excluding carboxylic acids is 2. The number of hydrogen-bond acceptors (Lipinski definition) is 7. The molecule has 1 fully saturated rings. The third-order valence-corrected chi connectivity index (χ3v) is 7.44. The normalized spacial score (nSPS) is 14.4. The summed E-state index contributed by atoms with van der Waals surface area (Å²) in [6, 6.07) is 9.16. The summed E-state index contributed by atoms with van der Waals surface area (Å²) in [6.07, 6.45) is 0.338. The van der Waals surface area contributed by atoms with Crippen LogP contribution in [-0.2, 0) is 30.7 Å². The minimum absolute atomic E-state index is 0.0780. The van der Waals surface area contributed by atoms with Crippen LogP contribution < -0.4 is 10.1 Å². The molecule has 1 aliphatic heterocycles. The number of esters is 1. The first kappa shape index (κ1) is 26.0. The molecule has 1 heterocycles. The van der Waals surface area contributed by atoms with Crippen LogP contribution in [0.15, 0.2) is 41.3 Å². The van der Waals surface area contributed by atoms with Crippen molar-refractivity contribution in [2.24, 2.45) is 0 Å². The molecule has 184 valence electrons. The maximum atomic E-state index is 13.0. The number of anilines is 1. The summed E-state index contributed by atoms with van der Waals surface area (Å²) in [4.78, 5) is 24.5. The first-order chi connectivity index (χ1) is 16.3. The van der Waals surface area contributed by atoms with Crippen molar-refractivity contribution in [3.8, 4) is 5.75 Å². The third-order valence-electron chi connectivity index (χ3n) is 5.23. The van der Waals surface area contributed by atoms with E-state index in [-0.39, 0.29) is 40.8 Å². The second-order valence-corrected chi connectivity index (χ2v) is 9.80. The average Bonchev–Trinajstić information content (AvgIpc) is 2.83. The fourth-order valence-electron chi connectivity index (χ4n) is 3.49. The van der Waals surface area contributed by atoms with Crippen molar-refractivity contribution in [1.82, 2.24) is 4.31 Å². The van der Waals surface area contributed by atoms with Gasteiger partial charge in [-0.15, -0.1) is 0 Å². The van der Waals surface area contributed by atoms with E-state index in [4.69, 9.17) is 25.8 Å². The summed E-state index contributed by atoms with van der Waals surface area (Å²) in [5, 5.41) is 2.89. The molecule has 0 radical (unpaired) electrons. The van der Waals surface area contributed by atoms with Gasteiger partial charge >= 0.3 is 5.97 Å². The monoisotopic (exact) mass is 510 g/mol. The van der Waals surface area contributed by atoms with Crippen LogP contribution in [0.3, 0.4) is 0 Å². The smallest absolute Gasteiger partial charge is 0.339 e. The first-order valence-electron chi connectivity index (χ1n) is 10.8. The van der Waals surface area contributed by atoms with Gasteiger partial charge in [-0.2, -0.15) is 4.31 Å². The molecule has 0 aromatic heterocycles.